The largest absolute Gasteiger partial charge is 0.309 e. The van der Waals surface area contributed by atoms with Gasteiger partial charge in [0, 0.05) is 27.6 Å². The first-order valence-corrected chi connectivity index (χ1v) is 19.2. The molecule has 0 atom stereocenters. The molecule has 0 radical (unpaired) electrons. The third kappa shape index (κ3) is 5.85. The Kier molecular flexibility index (Phi) is 8.55. The van der Waals surface area contributed by atoms with Crippen LogP contribution < -0.4 is 4.90 Å². The van der Waals surface area contributed by atoms with Crippen LogP contribution in [0.5, 0.6) is 0 Å². The van der Waals surface area contributed by atoms with E-state index in [2.05, 4.69) is 240 Å². The lowest BCUT2D eigenvalue weighted by Gasteiger charge is -2.29. The van der Waals surface area contributed by atoms with Crippen LogP contribution in [-0.4, -0.2) is 4.57 Å². The summed E-state index contributed by atoms with van der Waals surface area (Å²) in [5.74, 6) is 0. The van der Waals surface area contributed by atoms with Crippen LogP contribution in [0.2, 0.25) is 0 Å². The number of fused-ring (bicyclic) bond motifs is 3. The van der Waals surface area contributed by atoms with Crippen LogP contribution in [0.4, 0.5) is 17.1 Å². The van der Waals surface area contributed by atoms with Crippen molar-refractivity contribution in [2.75, 3.05) is 4.90 Å². The average Bonchev–Trinajstić information content (AvgIpc) is 3.63. The van der Waals surface area contributed by atoms with E-state index < -0.39 is 0 Å². The van der Waals surface area contributed by atoms with E-state index in [1.165, 1.54) is 55.3 Å². The van der Waals surface area contributed by atoms with Gasteiger partial charge in [-0.2, -0.15) is 0 Å². The predicted molar refractivity (Wildman–Crippen MR) is 237 cm³/mol. The van der Waals surface area contributed by atoms with Crippen molar-refractivity contribution >= 4 is 38.9 Å². The maximum atomic E-state index is 2.46. The number of para-hydroxylation sites is 3. The fraction of sp³-hybridized carbons (Fsp3) is 0. The van der Waals surface area contributed by atoms with E-state index in [1.807, 2.05) is 0 Å². The Balaban J connectivity index is 1.23. The highest BCUT2D eigenvalue weighted by molar-refractivity contribution is 6.17. The van der Waals surface area contributed by atoms with Gasteiger partial charge in [0.1, 0.15) is 0 Å². The molecule has 0 bridgehead atoms. The predicted octanol–water partition coefficient (Wildman–Crippen LogP) is 14.9. The molecule has 10 aromatic rings. The van der Waals surface area contributed by atoms with Gasteiger partial charge >= 0.3 is 0 Å². The van der Waals surface area contributed by atoms with E-state index in [0.717, 1.165) is 33.8 Å². The first-order chi connectivity index (χ1) is 27.8. The first-order valence-electron chi connectivity index (χ1n) is 19.2. The number of benzene rings is 9. The molecule has 264 valence electrons. The zero-order valence-corrected chi connectivity index (χ0v) is 30.8. The van der Waals surface area contributed by atoms with Gasteiger partial charge in [-0.15, -0.1) is 0 Å². The fourth-order valence-corrected chi connectivity index (χ4v) is 8.30. The number of hydrogen-bond acceptors (Lipinski definition) is 1. The van der Waals surface area contributed by atoms with Crippen LogP contribution >= 0.6 is 0 Å². The Bertz CT molecular complexity index is 2940. The van der Waals surface area contributed by atoms with E-state index in [-0.39, 0.29) is 0 Å². The molecule has 9 aromatic carbocycles. The van der Waals surface area contributed by atoms with Gasteiger partial charge in [-0.1, -0.05) is 188 Å². The summed E-state index contributed by atoms with van der Waals surface area (Å²) in [6.45, 7) is 0. The maximum absolute atomic E-state index is 2.46. The summed E-state index contributed by atoms with van der Waals surface area (Å²) in [6.07, 6.45) is 0. The van der Waals surface area contributed by atoms with Crippen molar-refractivity contribution in [3.8, 4) is 50.2 Å². The van der Waals surface area contributed by atoms with Crippen molar-refractivity contribution in [3.05, 3.63) is 231 Å². The van der Waals surface area contributed by atoms with Gasteiger partial charge in [0.05, 0.1) is 28.1 Å². The van der Waals surface area contributed by atoms with Crippen molar-refractivity contribution < 1.29 is 0 Å². The number of aromatic nitrogens is 1. The smallest absolute Gasteiger partial charge is 0.0562 e. The summed E-state index contributed by atoms with van der Waals surface area (Å²) in [5.41, 5.74) is 16.3. The van der Waals surface area contributed by atoms with Gasteiger partial charge in [0.15, 0.2) is 0 Å². The van der Waals surface area contributed by atoms with E-state index >= 15 is 0 Å². The molecule has 0 N–H and O–H groups in total. The van der Waals surface area contributed by atoms with Gasteiger partial charge < -0.3 is 9.47 Å². The van der Waals surface area contributed by atoms with Crippen LogP contribution in [0.15, 0.2) is 231 Å². The molecule has 0 saturated carbocycles. The SMILES string of the molecule is c1ccc(-c2ccc(N(c3ccccc3-c3ccccc3)c3cccc4c3c3ccccc3n4-c3ccccc3-c3ccccc3-c3ccccc3)cc2)cc1. The van der Waals surface area contributed by atoms with Crippen molar-refractivity contribution in [1.82, 2.24) is 4.57 Å². The highest BCUT2D eigenvalue weighted by Crippen LogP contribution is 2.47. The molecule has 10 rings (SSSR count). The first kappa shape index (κ1) is 33.2. The van der Waals surface area contributed by atoms with Crippen molar-refractivity contribution in [2.24, 2.45) is 0 Å². The van der Waals surface area contributed by atoms with Gasteiger partial charge in [0.25, 0.3) is 0 Å². The summed E-state index contributed by atoms with van der Waals surface area (Å²) in [6, 6.07) is 83.0. The van der Waals surface area contributed by atoms with Gasteiger partial charge in [0.2, 0.25) is 0 Å². The summed E-state index contributed by atoms with van der Waals surface area (Å²) in [5, 5.41) is 2.40. The Hall–Kier alpha value is -7.42. The molecule has 0 saturated heterocycles. The molecule has 0 aliphatic heterocycles. The molecule has 1 heterocycles. The lowest BCUT2D eigenvalue weighted by atomic mass is 9.93. The quantitative estimate of drug-likeness (QED) is 0.152. The maximum Gasteiger partial charge on any atom is 0.0562 e. The van der Waals surface area contributed by atoms with Gasteiger partial charge in [-0.3, -0.25) is 0 Å². The van der Waals surface area contributed by atoms with Crippen LogP contribution in [0.1, 0.15) is 0 Å². The molecule has 2 heteroatoms. The van der Waals surface area contributed by atoms with Crippen LogP contribution in [0, 0.1) is 0 Å². The van der Waals surface area contributed by atoms with E-state index in [0.29, 0.717) is 0 Å². The summed E-state index contributed by atoms with van der Waals surface area (Å²) >= 11 is 0. The standard InChI is InChI=1S/C54H38N2/c1-4-19-39(20-5-1)40-35-37-43(38-36-40)55(49-30-15-12-26-45(49)42-23-8-3-9-24-42)52-33-18-34-53-54(52)48-29-14-17-32-51(48)56(53)50-31-16-13-28-47(50)46-27-11-10-25-44(46)41-21-6-2-7-22-41/h1-38H. The lowest BCUT2D eigenvalue weighted by molar-refractivity contribution is 1.18. The second-order valence-corrected chi connectivity index (χ2v) is 14.1. The minimum atomic E-state index is 1.09. The van der Waals surface area contributed by atoms with Crippen LogP contribution in [0.3, 0.4) is 0 Å². The number of nitrogens with zero attached hydrogens (tertiary/aromatic N) is 2. The Labute approximate surface area is 327 Å². The normalized spacial score (nSPS) is 11.2. The highest BCUT2D eigenvalue weighted by atomic mass is 15.2. The minimum absolute atomic E-state index is 1.09. The highest BCUT2D eigenvalue weighted by Gasteiger charge is 2.24. The van der Waals surface area contributed by atoms with Gasteiger partial charge in [-0.25, -0.2) is 0 Å². The van der Waals surface area contributed by atoms with Crippen molar-refractivity contribution in [2.45, 2.75) is 0 Å². The number of rotatable bonds is 8. The van der Waals surface area contributed by atoms with Crippen LogP contribution in [0.25, 0.3) is 72.0 Å². The van der Waals surface area contributed by atoms with Crippen LogP contribution in [-0.2, 0) is 0 Å². The summed E-state index contributed by atoms with van der Waals surface area (Å²) < 4.78 is 2.46. The Morgan fingerprint density at radius 2 is 0.768 bits per heavy atom. The molecule has 0 fully saturated rings. The molecule has 1 aromatic heterocycles. The lowest BCUT2D eigenvalue weighted by Crippen LogP contribution is -2.11. The third-order valence-electron chi connectivity index (χ3n) is 10.8. The Morgan fingerprint density at radius 1 is 0.286 bits per heavy atom. The monoisotopic (exact) mass is 714 g/mol. The fourth-order valence-electron chi connectivity index (χ4n) is 8.30. The zero-order chi connectivity index (χ0) is 37.3. The topological polar surface area (TPSA) is 8.17 Å². The molecule has 0 amide bonds. The van der Waals surface area contributed by atoms with Crippen molar-refractivity contribution in [1.29, 1.82) is 0 Å². The Morgan fingerprint density at radius 3 is 1.48 bits per heavy atom. The third-order valence-corrected chi connectivity index (χ3v) is 10.8. The molecule has 56 heavy (non-hydrogen) atoms. The second-order valence-electron chi connectivity index (χ2n) is 14.1. The molecule has 2 nitrogen and oxygen atoms in total. The molecule has 0 aliphatic carbocycles. The average molecular weight is 715 g/mol. The molecule has 0 aliphatic rings. The van der Waals surface area contributed by atoms with E-state index in [1.54, 1.807) is 0 Å². The van der Waals surface area contributed by atoms with E-state index in [9.17, 15) is 0 Å². The second kappa shape index (κ2) is 14.4. The number of anilines is 3. The van der Waals surface area contributed by atoms with E-state index in [4.69, 9.17) is 0 Å². The minimum Gasteiger partial charge on any atom is -0.309 e. The molecular weight excluding hydrogens is 677 g/mol. The zero-order valence-electron chi connectivity index (χ0n) is 30.8. The summed E-state index contributed by atoms with van der Waals surface area (Å²) in [4.78, 5) is 2.45. The molecular formula is C54H38N2. The summed E-state index contributed by atoms with van der Waals surface area (Å²) in [7, 11) is 0. The molecule has 0 unspecified atom stereocenters. The van der Waals surface area contributed by atoms with Gasteiger partial charge in [-0.05, 0) is 75.8 Å². The molecule has 0 spiro atoms. The van der Waals surface area contributed by atoms with Crippen molar-refractivity contribution in [3.63, 3.8) is 0 Å². The number of hydrogen-bond donors (Lipinski definition) is 0.